The topological polar surface area (TPSA) is 35.6 Å². The molecule has 0 aliphatic carbocycles. The molecule has 28 heavy (non-hydrogen) atoms. The van der Waals surface area contributed by atoms with Gasteiger partial charge in [-0.2, -0.15) is 0 Å². The van der Waals surface area contributed by atoms with Crippen molar-refractivity contribution < 1.29 is 4.79 Å². The highest BCUT2D eigenvalue weighted by atomic mass is 16.2. The number of rotatable bonds is 7. The van der Waals surface area contributed by atoms with E-state index in [1.54, 1.807) is 0 Å². The van der Waals surface area contributed by atoms with E-state index in [9.17, 15) is 4.79 Å². The molecule has 2 aromatic carbocycles. The second-order valence-corrected chi connectivity index (χ2v) is 8.23. The van der Waals surface area contributed by atoms with Gasteiger partial charge in [-0.25, -0.2) is 0 Å². The van der Waals surface area contributed by atoms with Crippen molar-refractivity contribution >= 4 is 11.6 Å². The molecule has 1 saturated heterocycles. The SMILES string of the molecule is CC(C)Cc1ccc([C@@H](C)NC(=O)CN2CCN(c3ccccc3)CC2)cc1. The lowest BCUT2D eigenvalue weighted by Crippen LogP contribution is -2.49. The predicted octanol–water partition coefficient (Wildman–Crippen LogP) is 3.88. The van der Waals surface area contributed by atoms with Crippen LogP contribution in [-0.2, 0) is 11.2 Å². The van der Waals surface area contributed by atoms with Crippen LogP contribution in [0, 0.1) is 5.92 Å². The smallest absolute Gasteiger partial charge is 0.234 e. The van der Waals surface area contributed by atoms with Gasteiger partial charge >= 0.3 is 0 Å². The fourth-order valence-electron chi connectivity index (χ4n) is 3.79. The maximum Gasteiger partial charge on any atom is 0.234 e. The Morgan fingerprint density at radius 1 is 0.929 bits per heavy atom. The number of carbonyl (C=O) groups excluding carboxylic acids is 1. The monoisotopic (exact) mass is 379 g/mol. The number of para-hydroxylation sites is 1. The van der Waals surface area contributed by atoms with E-state index in [0.29, 0.717) is 12.5 Å². The zero-order chi connectivity index (χ0) is 19.9. The minimum atomic E-state index is 0.0335. The first kappa shape index (κ1) is 20.4. The number of hydrogen-bond donors (Lipinski definition) is 1. The molecular formula is C24H33N3O. The van der Waals surface area contributed by atoms with E-state index in [2.05, 4.69) is 84.4 Å². The molecule has 0 spiro atoms. The van der Waals surface area contributed by atoms with Crippen LogP contribution >= 0.6 is 0 Å². The first-order chi connectivity index (χ1) is 13.5. The summed E-state index contributed by atoms with van der Waals surface area (Å²) in [7, 11) is 0. The Balaban J connectivity index is 1.44. The number of carbonyl (C=O) groups is 1. The average molecular weight is 380 g/mol. The third-order valence-electron chi connectivity index (χ3n) is 5.36. The number of nitrogens with one attached hydrogen (secondary N) is 1. The largest absolute Gasteiger partial charge is 0.369 e. The molecule has 4 heteroatoms. The summed E-state index contributed by atoms with van der Waals surface area (Å²) in [6.07, 6.45) is 1.09. The molecule has 1 atom stereocenters. The minimum absolute atomic E-state index is 0.0335. The van der Waals surface area contributed by atoms with E-state index in [4.69, 9.17) is 0 Å². The Morgan fingerprint density at radius 3 is 2.18 bits per heavy atom. The van der Waals surface area contributed by atoms with Crippen molar-refractivity contribution in [2.24, 2.45) is 5.92 Å². The van der Waals surface area contributed by atoms with Crippen LogP contribution in [-0.4, -0.2) is 43.5 Å². The number of benzene rings is 2. The van der Waals surface area contributed by atoms with Crippen LogP contribution in [0.4, 0.5) is 5.69 Å². The summed E-state index contributed by atoms with van der Waals surface area (Å²) in [4.78, 5) is 17.1. The molecule has 150 valence electrons. The van der Waals surface area contributed by atoms with Gasteiger partial charge in [0, 0.05) is 31.9 Å². The lowest BCUT2D eigenvalue weighted by Gasteiger charge is -2.35. The minimum Gasteiger partial charge on any atom is -0.369 e. The Hall–Kier alpha value is -2.33. The van der Waals surface area contributed by atoms with Crippen molar-refractivity contribution in [2.75, 3.05) is 37.6 Å². The van der Waals surface area contributed by atoms with Gasteiger partial charge in [-0.3, -0.25) is 9.69 Å². The first-order valence-electron chi connectivity index (χ1n) is 10.4. The molecule has 4 nitrogen and oxygen atoms in total. The summed E-state index contributed by atoms with van der Waals surface area (Å²) >= 11 is 0. The maximum absolute atomic E-state index is 12.5. The van der Waals surface area contributed by atoms with Crippen LogP contribution in [0.25, 0.3) is 0 Å². The molecule has 1 fully saturated rings. The molecule has 0 saturated carbocycles. The van der Waals surface area contributed by atoms with E-state index in [-0.39, 0.29) is 11.9 Å². The van der Waals surface area contributed by atoms with E-state index < -0.39 is 0 Å². The summed E-state index contributed by atoms with van der Waals surface area (Å²) in [5.74, 6) is 0.761. The van der Waals surface area contributed by atoms with Gasteiger partial charge in [-0.15, -0.1) is 0 Å². The van der Waals surface area contributed by atoms with Crippen molar-refractivity contribution in [3.63, 3.8) is 0 Å². The highest BCUT2D eigenvalue weighted by Gasteiger charge is 2.20. The van der Waals surface area contributed by atoms with Gasteiger partial charge in [0.05, 0.1) is 12.6 Å². The zero-order valence-corrected chi connectivity index (χ0v) is 17.4. The molecule has 0 bridgehead atoms. The zero-order valence-electron chi connectivity index (χ0n) is 17.4. The number of piperazine rings is 1. The lowest BCUT2D eigenvalue weighted by atomic mass is 10.00. The summed E-state index contributed by atoms with van der Waals surface area (Å²) in [5.41, 5.74) is 3.78. The van der Waals surface area contributed by atoms with Crippen molar-refractivity contribution in [1.82, 2.24) is 10.2 Å². The van der Waals surface area contributed by atoms with Crippen molar-refractivity contribution in [1.29, 1.82) is 0 Å². The number of hydrogen-bond acceptors (Lipinski definition) is 3. The highest BCUT2D eigenvalue weighted by Crippen LogP contribution is 2.17. The molecule has 0 unspecified atom stereocenters. The third kappa shape index (κ3) is 5.83. The Kier molecular flexibility index (Phi) is 7.10. The van der Waals surface area contributed by atoms with Gasteiger partial charge in [0.1, 0.15) is 0 Å². The van der Waals surface area contributed by atoms with Crippen LogP contribution in [0.15, 0.2) is 54.6 Å². The second kappa shape index (κ2) is 9.74. The molecule has 1 N–H and O–H groups in total. The average Bonchev–Trinajstić information content (AvgIpc) is 2.69. The normalized spacial score (nSPS) is 16.2. The summed E-state index contributed by atoms with van der Waals surface area (Å²) < 4.78 is 0. The van der Waals surface area contributed by atoms with Gasteiger partial charge in [0.25, 0.3) is 0 Å². The molecule has 0 aromatic heterocycles. The van der Waals surface area contributed by atoms with Crippen molar-refractivity contribution in [3.05, 3.63) is 65.7 Å². The van der Waals surface area contributed by atoms with E-state index in [1.807, 2.05) is 6.07 Å². The number of anilines is 1. The van der Waals surface area contributed by atoms with Crippen LogP contribution in [0.2, 0.25) is 0 Å². The molecule has 1 aliphatic rings. The summed E-state index contributed by atoms with van der Waals surface area (Å²) in [6, 6.07) is 19.2. The molecule has 1 heterocycles. The molecule has 1 amide bonds. The van der Waals surface area contributed by atoms with E-state index in [0.717, 1.165) is 38.2 Å². The maximum atomic E-state index is 12.5. The van der Waals surface area contributed by atoms with Gasteiger partial charge in [-0.1, -0.05) is 56.3 Å². The van der Waals surface area contributed by atoms with Crippen molar-refractivity contribution in [2.45, 2.75) is 33.2 Å². The fraction of sp³-hybridized carbons (Fsp3) is 0.458. The Bertz CT molecular complexity index is 734. The van der Waals surface area contributed by atoms with Crippen LogP contribution in [0.5, 0.6) is 0 Å². The molecule has 3 rings (SSSR count). The fourth-order valence-corrected chi connectivity index (χ4v) is 3.79. The van der Waals surface area contributed by atoms with Crippen LogP contribution in [0.1, 0.15) is 37.9 Å². The van der Waals surface area contributed by atoms with Gasteiger partial charge < -0.3 is 10.2 Å². The van der Waals surface area contributed by atoms with Gasteiger partial charge in [0.15, 0.2) is 0 Å². The van der Waals surface area contributed by atoms with E-state index >= 15 is 0 Å². The summed E-state index contributed by atoms with van der Waals surface area (Å²) in [6.45, 7) is 10.8. The third-order valence-corrected chi connectivity index (χ3v) is 5.36. The first-order valence-corrected chi connectivity index (χ1v) is 10.4. The van der Waals surface area contributed by atoms with Gasteiger partial charge in [-0.05, 0) is 42.5 Å². The second-order valence-electron chi connectivity index (χ2n) is 8.23. The van der Waals surface area contributed by atoms with E-state index in [1.165, 1.54) is 11.3 Å². The Morgan fingerprint density at radius 2 is 1.57 bits per heavy atom. The van der Waals surface area contributed by atoms with Gasteiger partial charge in [0.2, 0.25) is 5.91 Å². The highest BCUT2D eigenvalue weighted by molar-refractivity contribution is 5.78. The number of amides is 1. The molecule has 1 aliphatic heterocycles. The lowest BCUT2D eigenvalue weighted by molar-refractivity contribution is -0.123. The molecule has 2 aromatic rings. The van der Waals surface area contributed by atoms with Crippen molar-refractivity contribution in [3.8, 4) is 0 Å². The van der Waals surface area contributed by atoms with Crippen LogP contribution < -0.4 is 10.2 Å². The standard InChI is InChI=1S/C24H33N3O/c1-19(2)17-21-9-11-22(12-10-21)20(3)25-24(28)18-26-13-15-27(16-14-26)23-7-5-4-6-8-23/h4-12,19-20H,13-18H2,1-3H3,(H,25,28)/t20-/m1/s1. The van der Waals surface area contributed by atoms with Crippen LogP contribution in [0.3, 0.4) is 0 Å². The predicted molar refractivity (Wildman–Crippen MR) is 117 cm³/mol. The quantitative estimate of drug-likeness (QED) is 0.793. The number of nitrogens with zero attached hydrogens (tertiary/aromatic N) is 2. The summed E-state index contributed by atoms with van der Waals surface area (Å²) in [5, 5.41) is 3.15. The molecular weight excluding hydrogens is 346 g/mol. The molecule has 0 radical (unpaired) electrons. The Labute approximate surface area is 169 Å².